The lowest BCUT2D eigenvalue weighted by Crippen LogP contribution is -2.63. The van der Waals surface area contributed by atoms with Crippen LogP contribution < -0.4 is 11.1 Å². The van der Waals surface area contributed by atoms with Gasteiger partial charge in [0.15, 0.2) is 18.7 Å². The Labute approximate surface area is 228 Å². The van der Waals surface area contributed by atoms with Gasteiger partial charge in [-0.15, -0.1) is 0 Å². The number of aromatic hydroxyl groups is 1. The van der Waals surface area contributed by atoms with Gasteiger partial charge in [0.05, 0.1) is 25.4 Å². The number of aliphatic hydroxyl groups excluding tert-OH is 6. The molecule has 40 heavy (non-hydrogen) atoms. The topological polar surface area (TPSA) is 260 Å². The van der Waals surface area contributed by atoms with Crippen LogP contribution >= 0.6 is 0 Å². The summed E-state index contributed by atoms with van der Waals surface area (Å²) in [5.41, 5.74) is 5.49. The van der Waals surface area contributed by atoms with Crippen LogP contribution in [0.4, 0.5) is 5.69 Å². The van der Waals surface area contributed by atoms with Crippen LogP contribution in [-0.4, -0.2) is 129 Å². The van der Waals surface area contributed by atoms with E-state index in [1.165, 1.54) is 33.0 Å². The van der Waals surface area contributed by atoms with Gasteiger partial charge < -0.3 is 70.5 Å². The Morgan fingerprint density at radius 2 is 1.70 bits per heavy atom. The third kappa shape index (κ3) is 6.98. The van der Waals surface area contributed by atoms with Crippen LogP contribution in [0.5, 0.6) is 5.75 Å². The Kier molecular flexibility index (Phi) is 10.3. The fourth-order valence-electron chi connectivity index (χ4n) is 4.46. The summed E-state index contributed by atoms with van der Waals surface area (Å²) in [4.78, 5) is 25.4. The number of phenolic OH excluding ortho intramolecular Hbond substituents is 1. The van der Waals surface area contributed by atoms with E-state index < -0.39 is 97.9 Å². The predicted octanol–water partition coefficient (Wildman–Crippen LogP) is -3.49. The maximum Gasteiger partial charge on any atom is 0.345 e. The van der Waals surface area contributed by atoms with Crippen molar-refractivity contribution in [3.8, 4) is 5.75 Å². The molecule has 1 aromatic rings. The van der Waals surface area contributed by atoms with Crippen LogP contribution in [0, 0.1) is 5.92 Å². The second-order valence-corrected chi connectivity index (χ2v) is 9.93. The van der Waals surface area contributed by atoms with Crippen LogP contribution in [0.1, 0.15) is 24.2 Å². The molecule has 2 aliphatic rings. The van der Waals surface area contributed by atoms with Crippen molar-refractivity contribution in [2.24, 2.45) is 5.92 Å². The monoisotopic (exact) mass is 576 g/mol. The summed E-state index contributed by atoms with van der Waals surface area (Å²) in [5.74, 6) is -5.68. The highest BCUT2D eigenvalue weighted by Crippen LogP contribution is 2.30. The Balaban J connectivity index is 1.68. The minimum Gasteiger partial charge on any atom is -0.507 e. The zero-order valence-corrected chi connectivity index (χ0v) is 22.0. The molecule has 10 atom stereocenters. The molecule has 2 aliphatic heterocycles. The van der Waals surface area contributed by atoms with Gasteiger partial charge in [-0.05, 0) is 25.2 Å². The average Bonchev–Trinajstić information content (AvgIpc) is 2.88. The van der Waals surface area contributed by atoms with Gasteiger partial charge in [0.1, 0.15) is 35.7 Å². The molecule has 0 spiro atoms. The number of benzene rings is 1. The standard InChI is InChI=1S/C24H36N2O14/c1-24(2,39-20(33)10-6-9(25)4-5-12(10)28)40-22(35)19-17(31)16(30)18(32)23(38-19)36-8-11-14(26-3)21(34)37-13(7-27)15(11)29/h4-6,11,13-19,21,23,26-32,34H,7-8,25H2,1-3H3/t11-,13?,14?,15-,16+,17-,18?,19?,21-,23-/m1/s1. The van der Waals surface area contributed by atoms with Crippen molar-refractivity contribution < 1.29 is 69.0 Å². The molecule has 2 heterocycles. The summed E-state index contributed by atoms with van der Waals surface area (Å²) in [6, 6.07) is 2.81. The SMILES string of the molecule is CNC1[C@H](O)OC(CO)[C@H](O)[C@@H]1CO[C@@H]1OC(C(=O)OC(C)(C)OC(=O)c2cc(N)ccc2O)[C@H](O)[C@H](O)C1O. The molecule has 226 valence electrons. The lowest BCUT2D eigenvalue weighted by atomic mass is 9.88. The van der Waals surface area contributed by atoms with Crippen LogP contribution in [-0.2, 0) is 28.5 Å². The third-order valence-corrected chi connectivity index (χ3v) is 6.60. The molecular formula is C24H36N2O14. The van der Waals surface area contributed by atoms with Crippen molar-refractivity contribution in [3.63, 3.8) is 0 Å². The lowest BCUT2D eigenvalue weighted by Gasteiger charge is -2.44. The zero-order chi connectivity index (χ0) is 29.9. The summed E-state index contributed by atoms with van der Waals surface area (Å²) in [6.45, 7) is 1.36. The maximum absolute atomic E-state index is 12.9. The highest BCUT2D eigenvalue weighted by atomic mass is 16.8. The Morgan fingerprint density at radius 3 is 2.33 bits per heavy atom. The number of carbonyl (C=O) groups excluding carboxylic acids is 2. The van der Waals surface area contributed by atoms with Crippen LogP contribution in [0.15, 0.2) is 18.2 Å². The van der Waals surface area contributed by atoms with Gasteiger partial charge in [0.25, 0.3) is 5.79 Å². The van der Waals surface area contributed by atoms with Crippen molar-refractivity contribution in [3.05, 3.63) is 23.8 Å². The first kappa shape index (κ1) is 31.9. The molecule has 16 heteroatoms. The van der Waals surface area contributed by atoms with E-state index >= 15 is 0 Å². The second kappa shape index (κ2) is 12.9. The van der Waals surface area contributed by atoms with Crippen molar-refractivity contribution in [1.29, 1.82) is 0 Å². The summed E-state index contributed by atoms with van der Waals surface area (Å²) < 4.78 is 26.4. The van der Waals surface area contributed by atoms with E-state index in [4.69, 9.17) is 29.4 Å². The molecule has 10 N–H and O–H groups in total. The average molecular weight is 577 g/mol. The number of hydrogen-bond acceptors (Lipinski definition) is 16. The molecule has 2 fully saturated rings. The van der Waals surface area contributed by atoms with Crippen molar-refractivity contribution in [2.75, 3.05) is 26.0 Å². The highest BCUT2D eigenvalue weighted by molar-refractivity contribution is 5.93. The number of likely N-dealkylation sites (N-methyl/N-ethyl adjacent to an activating group) is 1. The summed E-state index contributed by atoms with van der Waals surface area (Å²) >= 11 is 0. The van der Waals surface area contributed by atoms with E-state index in [2.05, 4.69) is 5.32 Å². The quantitative estimate of drug-likeness (QED) is 0.0598. The van der Waals surface area contributed by atoms with Crippen molar-refractivity contribution in [2.45, 2.75) is 74.9 Å². The number of ether oxygens (including phenoxy) is 5. The van der Waals surface area contributed by atoms with Gasteiger partial charge in [0.2, 0.25) is 0 Å². The number of hydrogen-bond donors (Lipinski definition) is 9. The number of nitrogen functional groups attached to an aromatic ring is 1. The molecule has 4 unspecified atom stereocenters. The maximum atomic E-state index is 12.9. The second-order valence-electron chi connectivity index (χ2n) is 9.93. The fraction of sp³-hybridized carbons (Fsp3) is 0.667. The van der Waals surface area contributed by atoms with E-state index in [0.717, 1.165) is 6.07 Å². The predicted molar refractivity (Wildman–Crippen MR) is 131 cm³/mol. The van der Waals surface area contributed by atoms with Crippen molar-refractivity contribution in [1.82, 2.24) is 5.32 Å². The first-order valence-electron chi connectivity index (χ1n) is 12.4. The van der Waals surface area contributed by atoms with Gasteiger partial charge >= 0.3 is 11.9 Å². The molecule has 0 amide bonds. The number of rotatable bonds is 9. The molecule has 0 radical (unpaired) electrons. The summed E-state index contributed by atoms with van der Waals surface area (Å²) in [5, 5.41) is 73.9. The first-order valence-corrected chi connectivity index (χ1v) is 12.4. The minimum atomic E-state index is -1.98. The van der Waals surface area contributed by atoms with Gasteiger partial charge in [-0.25, -0.2) is 9.59 Å². The van der Waals surface area contributed by atoms with Crippen LogP contribution in [0.2, 0.25) is 0 Å². The first-order chi connectivity index (χ1) is 18.7. The molecule has 0 bridgehead atoms. The van der Waals surface area contributed by atoms with Gasteiger partial charge in [-0.1, -0.05) is 0 Å². The van der Waals surface area contributed by atoms with Gasteiger partial charge in [0, 0.05) is 25.5 Å². The number of phenols is 1. The van der Waals surface area contributed by atoms with Crippen molar-refractivity contribution >= 4 is 17.6 Å². The van der Waals surface area contributed by atoms with E-state index in [0.29, 0.717) is 0 Å². The van der Waals surface area contributed by atoms with Crippen LogP contribution in [0.25, 0.3) is 0 Å². The molecular weight excluding hydrogens is 540 g/mol. The Hall–Kier alpha value is -2.64. The number of anilines is 1. The normalized spacial score (nSPS) is 34.7. The van der Waals surface area contributed by atoms with Gasteiger partial charge in [-0.2, -0.15) is 0 Å². The van der Waals surface area contributed by atoms with E-state index in [1.54, 1.807) is 0 Å². The number of aliphatic hydroxyl groups is 6. The van der Waals surface area contributed by atoms with E-state index in [1.807, 2.05) is 0 Å². The van der Waals surface area contributed by atoms with Crippen LogP contribution in [0.3, 0.4) is 0 Å². The molecule has 0 aliphatic carbocycles. The lowest BCUT2D eigenvalue weighted by molar-refractivity contribution is -0.310. The van der Waals surface area contributed by atoms with E-state index in [-0.39, 0.29) is 11.3 Å². The number of nitrogens with two attached hydrogens (primary N) is 1. The summed E-state index contributed by atoms with van der Waals surface area (Å²) in [6.07, 6.45) is -13.3. The smallest absolute Gasteiger partial charge is 0.345 e. The number of carbonyl (C=O) groups is 2. The fourth-order valence-corrected chi connectivity index (χ4v) is 4.46. The molecule has 0 saturated carbocycles. The largest absolute Gasteiger partial charge is 0.507 e. The number of nitrogens with one attached hydrogen (secondary N) is 1. The molecule has 2 saturated heterocycles. The third-order valence-electron chi connectivity index (χ3n) is 6.60. The minimum absolute atomic E-state index is 0.160. The van der Waals surface area contributed by atoms with E-state index in [9.17, 15) is 45.3 Å². The zero-order valence-electron chi connectivity index (χ0n) is 22.0. The number of esters is 2. The summed E-state index contributed by atoms with van der Waals surface area (Å²) in [7, 11) is 1.48. The Morgan fingerprint density at radius 1 is 1.02 bits per heavy atom. The molecule has 0 aromatic heterocycles. The molecule has 3 rings (SSSR count). The highest BCUT2D eigenvalue weighted by Gasteiger charge is 2.50. The Bertz CT molecular complexity index is 1040. The van der Waals surface area contributed by atoms with Gasteiger partial charge in [-0.3, -0.25) is 0 Å². The molecule has 1 aromatic carbocycles. The molecule has 16 nitrogen and oxygen atoms in total.